The van der Waals surface area contributed by atoms with Gasteiger partial charge in [-0.05, 0) is 18.1 Å². The van der Waals surface area contributed by atoms with E-state index in [9.17, 15) is 0 Å². The Labute approximate surface area is 103 Å². The molecule has 1 aromatic carbocycles. The quantitative estimate of drug-likeness (QED) is 0.753. The summed E-state index contributed by atoms with van der Waals surface area (Å²) in [5, 5.41) is 9.11. The molecule has 1 aromatic rings. The molecule has 0 aliphatic carbocycles. The maximum Gasteiger partial charge on any atom is 0.120 e. The Bertz CT molecular complexity index is 336. The van der Waals surface area contributed by atoms with Crippen LogP contribution in [0.25, 0.3) is 0 Å². The van der Waals surface area contributed by atoms with Crippen molar-refractivity contribution in [2.24, 2.45) is 5.73 Å². The third-order valence-electron chi connectivity index (χ3n) is 2.72. The maximum atomic E-state index is 9.11. The number of nitrogens with zero attached hydrogens (tertiary/aromatic N) is 1. The van der Waals surface area contributed by atoms with E-state index in [0.717, 1.165) is 30.0 Å². The second kappa shape index (κ2) is 7.14. The summed E-state index contributed by atoms with van der Waals surface area (Å²) in [5.41, 5.74) is 7.88. The Kier molecular flexibility index (Phi) is 5.80. The van der Waals surface area contributed by atoms with E-state index in [1.165, 1.54) is 0 Å². The summed E-state index contributed by atoms with van der Waals surface area (Å²) in [5.74, 6) is 0.816. The minimum Gasteiger partial charge on any atom is -0.497 e. The van der Waals surface area contributed by atoms with Crippen LogP contribution in [0.1, 0.15) is 18.9 Å². The van der Waals surface area contributed by atoms with Crippen molar-refractivity contribution in [3.05, 3.63) is 23.8 Å². The smallest absolute Gasteiger partial charge is 0.120 e. The van der Waals surface area contributed by atoms with E-state index in [4.69, 9.17) is 15.6 Å². The lowest BCUT2D eigenvalue weighted by Gasteiger charge is -2.26. The average Bonchev–Trinajstić information content (AvgIpc) is 2.37. The Hall–Kier alpha value is -1.26. The number of benzene rings is 1. The largest absolute Gasteiger partial charge is 0.497 e. The Morgan fingerprint density at radius 1 is 1.35 bits per heavy atom. The van der Waals surface area contributed by atoms with Gasteiger partial charge in [0.15, 0.2) is 0 Å². The first-order valence-corrected chi connectivity index (χ1v) is 5.99. The molecule has 0 aliphatic rings. The molecule has 4 nitrogen and oxygen atoms in total. The van der Waals surface area contributed by atoms with Gasteiger partial charge in [-0.25, -0.2) is 0 Å². The molecular formula is C13H22N2O2. The number of aliphatic hydroxyl groups excluding tert-OH is 1. The Balaban J connectivity index is 3.04. The van der Waals surface area contributed by atoms with Crippen LogP contribution in [-0.2, 0) is 6.54 Å². The number of hydrogen-bond acceptors (Lipinski definition) is 4. The zero-order chi connectivity index (χ0) is 12.7. The highest BCUT2D eigenvalue weighted by Gasteiger charge is 2.10. The number of hydrogen-bond donors (Lipinski definition) is 2. The lowest BCUT2D eigenvalue weighted by atomic mass is 10.1. The molecule has 0 fully saturated rings. The van der Waals surface area contributed by atoms with Crippen molar-refractivity contribution in [2.45, 2.75) is 19.9 Å². The topological polar surface area (TPSA) is 58.7 Å². The van der Waals surface area contributed by atoms with Crippen molar-refractivity contribution in [1.29, 1.82) is 0 Å². The number of ether oxygens (including phenoxy) is 1. The zero-order valence-corrected chi connectivity index (χ0v) is 10.6. The van der Waals surface area contributed by atoms with Gasteiger partial charge in [-0.1, -0.05) is 13.0 Å². The summed E-state index contributed by atoms with van der Waals surface area (Å²) in [6.45, 7) is 4.27. The van der Waals surface area contributed by atoms with Gasteiger partial charge >= 0.3 is 0 Å². The molecule has 0 heterocycles. The van der Waals surface area contributed by atoms with Gasteiger partial charge in [0, 0.05) is 31.4 Å². The first-order chi connectivity index (χ1) is 8.26. The fourth-order valence-corrected chi connectivity index (χ4v) is 1.88. The summed E-state index contributed by atoms with van der Waals surface area (Å²) < 4.78 is 5.23. The zero-order valence-electron chi connectivity index (χ0n) is 10.6. The van der Waals surface area contributed by atoms with Crippen LogP contribution in [0.5, 0.6) is 5.75 Å². The summed E-state index contributed by atoms with van der Waals surface area (Å²) >= 11 is 0. The van der Waals surface area contributed by atoms with Gasteiger partial charge in [-0.3, -0.25) is 0 Å². The van der Waals surface area contributed by atoms with Crippen molar-refractivity contribution in [2.75, 3.05) is 31.7 Å². The number of rotatable bonds is 7. The van der Waals surface area contributed by atoms with E-state index in [0.29, 0.717) is 13.1 Å². The lowest BCUT2D eigenvalue weighted by molar-refractivity contribution is 0.301. The number of anilines is 1. The van der Waals surface area contributed by atoms with Gasteiger partial charge in [-0.2, -0.15) is 0 Å². The van der Waals surface area contributed by atoms with Crippen molar-refractivity contribution in [3.8, 4) is 5.75 Å². The van der Waals surface area contributed by atoms with Crippen LogP contribution in [0, 0.1) is 0 Å². The van der Waals surface area contributed by atoms with E-state index >= 15 is 0 Å². The van der Waals surface area contributed by atoms with Crippen LogP contribution in [0.3, 0.4) is 0 Å². The SMILES string of the molecule is CCCN(CCO)c1cc(OC)ccc1CN. The van der Waals surface area contributed by atoms with E-state index in [1.54, 1.807) is 7.11 Å². The summed E-state index contributed by atoms with van der Waals surface area (Å²) in [6.07, 6.45) is 1.03. The normalized spacial score (nSPS) is 10.4. The summed E-state index contributed by atoms with van der Waals surface area (Å²) in [4.78, 5) is 2.14. The third kappa shape index (κ3) is 3.61. The van der Waals surface area contributed by atoms with Gasteiger partial charge in [0.05, 0.1) is 13.7 Å². The fraction of sp³-hybridized carbons (Fsp3) is 0.538. The number of methoxy groups -OCH3 is 1. The van der Waals surface area contributed by atoms with Crippen molar-refractivity contribution in [1.82, 2.24) is 0 Å². The van der Waals surface area contributed by atoms with Gasteiger partial charge in [0.2, 0.25) is 0 Å². The molecule has 4 heteroatoms. The number of nitrogens with two attached hydrogens (primary N) is 1. The van der Waals surface area contributed by atoms with Crippen LogP contribution in [0.15, 0.2) is 18.2 Å². The molecule has 1 rings (SSSR count). The molecule has 0 saturated carbocycles. The molecule has 0 aromatic heterocycles. The molecule has 0 radical (unpaired) electrons. The molecule has 0 unspecified atom stereocenters. The predicted molar refractivity (Wildman–Crippen MR) is 70.5 cm³/mol. The fourth-order valence-electron chi connectivity index (χ4n) is 1.88. The van der Waals surface area contributed by atoms with Gasteiger partial charge in [-0.15, -0.1) is 0 Å². The van der Waals surface area contributed by atoms with E-state index in [2.05, 4.69) is 11.8 Å². The second-order valence-electron chi connectivity index (χ2n) is 3.91. The third-order valence-corrected chi connectivity index (χ3v) is 2.72. The predicted octanol–water partition coefficient (Wildman–Crippen LogP) is 1.36. The summed E-state index contributed by atoms with van der Waals surface area (Å²) in [7, 11) is 1.65. The van der Waals surface area contributed by atoms with Crippen molar-refractivity contribution < 1.29 is 9.84 Å². The number of aliphatic hydroxyl groups is 1. The molecule has 96 valence electrons. The first kappa shape index (κ1) is 13.8. The van der Waals surface area contributed by atoms with Crippen LogP contribution >= 0.6 is 0 Å². The van der Waals surface area contributed by atoms with Crippen LogP contribution in [0.4, 0.5) is 5.69 Å². The highest BCUT2D eigenvalue weighted by Crippen LogP contribution is 2.26. The minimum absolute atomic E-state index is 0.140. The molecule has 17 heavy (non-hydrogen) atoms. The first-order valence-electron chi connectivity index (χ1n) is 5.99. The van der Waals surface area contributed by atoms with Gasteiger partial charge in [0.25, 0.3) is 0 Å². The van der Waals surface area contributed by atoms with Crippen LogP contribution in [0.2, 0.25) is 0 Å². The minimum atomic E-state index is 0.140. The molecule has 0 aliphatic heterocycles. The molecule has 3 N–H and O–H groups in total. The highest BCUT2D eigenvalue weighted by molar-refractivity contribution is 5.57. The second-order valence-corrected chi connectivity index (χ2v) is 3.91. The molecule has 0 bridgehead atoms. The summed E-state index contributed by atoms with van der Waals surface area (Å²) in [6, 6.07) is 5.87. The monoisotopic (exact) mass is 238 g/mol. The molecular weight excluding hydrogens is 216 g/mol. The average molecular weight is 238 g/mol. The molecule has 0 spiro atoms. The Morgan fingerprint density at radius 2 is 2.12 bits per heavy atom. The molecule has 0 saturated heterocycles. The standard InChI is InChI=1S/C13H22N2O2/c1-3-6-15(7-8-16)13-9-12(17-2)5-4-11(13)10-14/h4-5,9,16H,3,6-8,10,14H2,1-2H3. The van der Waals surface area contributed by atoms with Crippen LogP contribution in [-0.4, -0.2) is 31.9 Å². The van der Waals surface area contributed by atoms with Gasteiger partial charge in [0.1, 0.15) is 5.75 Å². The van der Waals surface area contributed by atoms with Crippen molar-refractivity contribution >= 4 is 5.69 Å². The van der Waals surface area contributed by atoms with E-state index < -0.39 is 0 Å². The molecule has 0 atom stereocenters. The lowest BCUT2D eigenvalue weighted by Crippen LogP contribution is -2.28. The van der Waals surface area contributed by atoms with Gasteiger partial charge < -0.3 is 20.5 Å². The van der Waals surface area contributed by atoms with E-state index in [1.807, 2.05) is 18.2 Å². The Morgan fingerprint density at radius 3 is 2.65 bits per heavy atom. The van der Waals surface area contributed by atoms with E-state index in [-0.39, 0.29) is 6.61 Å². The highest BCUT2D eigenvalue weighted by atomic mass is 16.5. The molecule has 0 amide bonds. The van der Waals surface area contributed by atoms with Crippen molar-refractivity contribution in [3.63, 3.8) is 0 Å². The maximum absolute atomic E-state index is 9.11. The van der Waals surface area contributed by atoms with Crippen LogP contribution < -0.4 is 15.4 Å².